The Kier molecular flexibility index (Phi) is 7.28. The molecule has 2 amide bonds. The molecule has 3 rings (SSSR count). The average Bonchev–Trinajstić information content (AvgIpc) is 2.76. The van der Waals surface area contributed by atoms with Gasteiger partial charge in [0.15, 0.2) is 11.5 Å². The van der Waals surface area contributed by atoms with Crippen molar-refractivity contribution < 1.29 is 23.8 Å². The molecule has 2 aromatic carbocycles. The van der Waals surface area contributed by atoms with Gasteiger partial charge in [0, 0.05) is 24.2 Å². The predicted octanol–water partition coefficient (Wildman–Crippen LogP) is 5.36. The molecule has 1 aliphatic heterocycles. The van der Waals surface area contributed by atoms with Gasteiger partial charge < -0.3 is 14.2 Å². The van der Waals surface area contributed by atoms with Crippen LogP contribution in [0.15, 0.2) is 42.5 Å². The van der Waals surface area contributed by atoms with Crippen molar-refractivity contribution in [3.8, 4) is 11.5 Å². The first-order valence-electron chi connectivity index (χ1n) is 10.1. The zero-order valence-corrected chi connectivity index (χ0v) is 18.9. The lowest BCUT2D eigenvalue weighted by Gasteiger charge is -2.42. The van der Waals surface area contributed by atoms with Gasteiger partial charge in [-0.15, -0.1) is 0 Å². The van der Waals surface area contributed by atoms with Crippen molar-refractivity contribution in [2.45, 2.75) is 38.9 Å². The minimum Gasteiger partial charge on any atom is -0.493 e. The summed E-state index contributed by atoms with van der Waals surface area (Å²) >= 11 is 5.93. The van der Waals surface area contributed by atoms with Gasteiger partial charge in [-0.3, -0.25) is 14.6 Å². The van der Waals surface area contributed by atoms with Gasteiger partial charge in [-0.25, -0.2) is 4.79 Å². The molecule has 0 radical (unpaired) electrons. The van der Waals surface area contributed by atoms with Crippen molar-refractivity contribution in [2.75, 3.05) is 25.7 Å². The van der Waals surface area contributed by atoms with E-state index in [0.717, 1.165) is 11.1 Å². The maximum absolute atomic E-state index is 13.0. The second-order valence-electron chi connectivity index (χ2n) is 7.30. The first kappa shape index (κ1) is 22.7. The van der Waals surface area contributed by atoms with E-state index in [4.69, 9.17) is 25.8 Å². The van der Waals surface area contributed by atoms with E-state index in [1.165, 1.54) is 12.0 Å². The van der Waals surface area contributed by atoms with Crippen molar-refractivity contribution >= 4 is 28.7 Å². The number of amides is 2. The molecule has 0 fully saturated rings. The zero-order valence-electron chi connectivity index (χ0n) is 18.1. The molecule has 8 heteroatoms. The van der Waals surface area contributed by atoms with Crippen LogP contribution in [0.25, 0.3) is 0 Å². The van der Waals surface area contributed by atoms with Crippen molar-refractivity contribution in [1.29, 1.82) is 0 Å². The minimum atomic E-state index is -0.592. The lowest BCUT2D eigenvalue weighted by molar-refractivity contribution is 0.0817. The van der Waals surface area contributed by atoms with Gasteiger partial charge in [0.05, 0.1) is 32.6 Å². The number of rotatable bonds is 6. The van der Waals surface area contributed by atoms with Gasteiger partial charge in [-0.2, -0.15) is 0 Å². The average molecular weight is 447 g/mol. The Hall–Kier alpha value is -2.93. The lowest BCUT2D eigenvalue weighted by Crippen LogP contribution is -2.46. The van der Waals surface area contributed by atoms with Crippen molar-refractivity contribution in [3.05, 3.63) is 53.6 Å². The summed E-state index contributed by atoms with van der Waals surface area (Å²) in [5.41, 5.74) is 2.30. The highest BCUT2D eigenvalue weighted by atomic mass is 35.5. The SMILES string of the molecule is CCOC(=O)N(Cc1ccccc1)[C@@H]1C[C@H](C)N(C(=O)Cl)c2cc(OC)c(OC)cc21. The number of anilines is 1. The van der Waals surface area contributed by atoms with Crippen LogP contribution in [0.3, 0.4) is 0 Å². The van der Waals surface area contributed by atoms with Crippen LogP contribution in [0.2, 0.25) is 0 Å². The van der Waals surface area contributed by atoms with Crippen LogP contribution in [0.5, 0.6) is 11.5 Å². The topological polar surface area (TPSA) is 68.3 Å². The van der Waals surface area contributed by atoms with Crippen LogP contribution >= 0.6 is 11.6 Å². The van der Waals surface area contributed by atoms with Crippen molar-refractivity contribution in [1.82, 2.24) is 4.90 Å². The normalized spacial score (nSPS) is 17.5. The summed E-state index contributed by atoms with van der Waals surface area (Å²) in [5.74, 6) is 0.981. The number of fused-ring (bicyclic) bond motifs is 1. The third kappa shape index (κ3) is 4.71. The summed E-state index contributed by atoms with van der Waals surface area (Å²) in [5, 5.41) is -0.592. The summed E-state index contributed by atoms with van der Waals surface area (Å²) in [6, 6.07) is 12.6. The van der Waals surface area contributed by atoms with Crippen molar-refractivity contribution in [3.63, 3.8) is 0 Å². The number of hydrogen-bond acceptors (Lipinski definition) is 5. The highest BCUT2D eigenvalue weighted by molar-refractivity contribution is 6.66. The number of carbonyl (C=O) groups is 2. The molecule has 31 heavy (non-hydrogen) atoms. The number of hydrogen-bond donors (Lipinski definition) is 0. The Morgan fingerprint density at radius 3 is 2.35 bits per heavy atom. The molecule has 0 spiro atoms. The minimum absolute atomic E-state index is 0.242. The van der Waals surface area contributed by atoms with Crippen LogP contribution in [0, 0.1) is 0 Å². The van der Waals surface area contributed by atoms with Gasteiger partial charge in [-0.1, -0.05) is 30.3 Å². The molecule has 1 aliphatic rings. The van der Waals surface area contributed by atoms with Gasteiger partial charge in [0.1, 0.15) is 0 Å². The zero-order chi connectivity index (χ0) is 22.5. The maximum atomic E-state index is 13.0. The molecular formula is C23H27ClN2O5. The van der Waals surface area contributed by atoms with E-state index < -0.39 is 11.5 Å². The Morgan fingerprint density at radius 2 is 1.77 bits per heavy atom. The molecular weight excluding hydrogens is 420 g/mol. The summed E-state index contributed by atoms with van der Waals surface area (Å²) < 4.78 is 16.3. The Labute approximate surface area is 187 Å². The van der Waals surface area contributed by atoms with E-state index in [2.05, 4.69) is 0 Å². The lowest BCUT2D eigenvalue weighted by atomic mass is 9.90. The molecule has 0 aliphatic carbocycles. The Morgan fingerprint density at radius 1 is 1.13 bits per heavy atom. The second kappa shape index (κ2) is 9.92. The first-order chi connectivity index (χ1) is 14.9. The highest BCUT2D eigenvalue weighted by Crippen LogP contribution is 2.46. The largest absolute Gasteiger partial charge is 0.493 e. The number of ether oxygens (including phenoxy) is 3. The van der Waals surface area contributed by atoms with E-state index in [9.17, 15) is 9.59 Å². The fourth-order valence-corrected chi connectivity index (χ4v) is 4.26. The number of halogens is 1. The third-order valence-corrected chi connectivity index (χ3v) is 5.60. The van der Waals surface area contributed by atoms with Crippen LogP contribution in [0.1, 0.15) is 37.4 Å². The van der Waals surface area contributed by atoms with Gasteiger partial charge in [0.2, 0.25) is 0 Å². The molecule has 166 valence electrons. The monoisotopic (exact) mass is 446 g/mol. The predicted molar refractivity (Wildman–Crippen MR) is 119 cm³/mol. The van der Waals surface area contributed by atoms with E-state index >= 15 is 0 Å². The highest BCUT2D eigenvalue weighted by Gasteiger charge is 2.39. The second-order valence-corrected chi connectivity index (χ2v) is 7.63. The third-order valence-electron chi connectivity index (χ3n) is 5.42. The number of benzene rings is 2. The molecule has 1 heterocycles. The van der Waals surface area contributed by atoms with Gasteiger partial charge in [0.25, 0.3) is 0 Å². The van der Waals surface area contributed by atoms with E-state index in [1.807, 2.05) is 37.3 Å². The Bertz CT molecular complexity index is 937. The molecule has 0 bridgehead atoms. The molecule has 2 aromatic rings. The molecule has 0 N–H and O–H groups in total. The van der Waals surface area contributed by atoms with E-state index in [0.29, 0.717) is 30.2 Å². The van der Waals surface area contributed by atoms with Crippen LogP contribution < -0.4 is 14.4 Å². The first-order valence-corrected chi connectivity index (χ1v) is 10.5. The molecule has 0 saturated carbocycles. The summed E-state index contributed by atoms with van der Waals surface area (Å²) in [4.78, 5) is 28.4. The summed E-state index contributed by atoms with van der Waals surface area (Å²) in [6.45, 7) is 4.30. The van der Waals surface area contributed by atoms with E-state index in [1.54, 1.807) is 31.1 Å². The maximum Gasteiger partial charge on any atom is 0.410 e. The fraction of sp³-hybridized carbons (Fsp3) is 0.391. The summed E-state index contributed by atoms with van der Waals surface area (Å²) in [7, 11) is 3.07. The van der Waals surface area contributed by atoms with Crippen LogP contribution in [-0.2, 0) is 11.3 Å². The number of nitrogens with zero attached hydrogens (tertiary/aromatic N) is 2. The Balaban J connectivity index is 2.14. The molecule has 0 aromatic heterocycles. The standard InChI is InChI=1S/C23H27ClN2O5/c1-5-31-23(28)25(14-16-9-7-6-8-10-16)18-11-15(2)26(22(24)27)19-13-21(30-4)20(29-3)12-17(18)19/h6-10,12-13,15,18H,5,11,14H2,1-4H3/t15-,18+/m0/s1. The fourth-order valence-electron chi connectivity index (χ4n) is 4.00. The number of carbonyl (C=O) groups excluding carboxylic acids is 2. The number of methoxy groups -OCH3 is 2. The molecule has 2 atom stereocenters. The smallest absolute Gasteiger partial charge is 0.410 e. The van der Waals surface area contributed by atoms with Gasteiger partial charge in [-0.05, 0) is 43.5 Å². The van der Waals surface area contributed by atoms with Crippen LogP contribution in [0.4, 0.5) is 15.3 Å². The molecule has 0 unspecified atom stereocenters. The van der Waals surface area contributed by atoms with Crippen molar-refractivity contribution in [2.24, 2.45) is 0 Å². The van der Waals surface area contributed by atoms with E-state index in [-0.39, 0.29) is 18.7 Å². The van der Waals surface area contributed by atoms with Crippen LogP contribution in [-0.4, -0.2) is 43.2 Å². The van der Waals surface area contributed by atoms with Gasteiger partial charge >= 0.3 is 11.5 Å². The molecule has 7 nitrogen and oxygen atoms in total. The summed E-state index contributed by atoms with van der Waals surface area (Å²) in [6.07, 6.45) is 0.0713. The quantitative estimate of drug-likeness (QED) is 0.441. The molecule has 0 saturated heterocycles.